The third-order valence-electron chi connectivity index (χ3n) is 6.25. The summed E-state index contributed by atoms with van der Waals surface area (Å²) in [4.78, 5) is 29.3. The third-order valence-corrected chi connectivity index (χ3v) is 6.25. The predicted molar refractivity (Wildman–Crippen MR) is 102 cm³/mol. The van der Waals surface area contributed by atoms with Gasteiger partial charge in [-0.3, -0.25) is 9.59 Å². The Morgan fingerprint density at radius 3 is 2.12 bits per heavy atom. The molecule has 25 heavy (non-hydrogen) atoms. The lowest BCUT2D eigenvalue weighted by molar-refractivity contribution is -0.139. The maximum Gasteiger partial charge on any atom is 0.242 e. The lowest BCUT2D eigenvalue weighted by Crippen LogP contribution is -2.56. The van der Waals surface area contributed by atoms with Crippen LogP contribution in [0.25, 0.3) is 0 Å². The zero-order chi connectivity index (χ0) is 17.0. The van der Waals surface area contributed by atoms with Crippen molar-refractivity contribution >= 4 is 24.2 Å². The van der Waals surface area contributed by atoms with Gasteiger partial charge in [0, 0.05) is 32.6 Å². The standard InChI is InChI=1S/C19H33N3O2.ClH/c20-19(9-4-1-5-10-19)18(24)22-12-6-11-21(13-14-22)17(23)15-16-7-2-3-8-16;/h16H,1-15,20H2;1H. The van der Waals surface area contributed by atoms with Crippen LogP contribution in [-0.4, -0.2) is 53.3 Å². The lowest BCUT2D eigenvalue weighted by atomic mass is 9.81. The van der Waals surface area contributed by atoms with Crippen LogP contribution in [0.1, 0.15) is 70.6 Å². The van der Waals surface area contributed by atoms with Crippen LogP contribution in [-0.2, 0) is 9.59 Å². The van der Waals surface area contributed by atoms with Crippen LogP contribution in [0.3, 0.4) is 0 Å². The van der Waals surface area contributed by atoms with Crippen molar-refractivity contribution in [1.29, 1.82) is 0 Å². The average Bonchev–Trinajstić information content (AvgIpc) is 2.96. The Hall–Kier alpha value is -0.810. The molecule has 5 nitrogen and oxygen atoms in total. The predicted octanol–water partition coefficient (Wildman–Crippen LogP) is 2.71. The summed E-state index contributed by atoms with van der Waals surface area (Å²) in [6.45, 7) is 2.85. The molecular formula is C19H34ClN3O2. The molecule has 3 aliphatic rings. The number of nitrogens with zero attached hydrogens (tertiary/aromatic N) is 2. The summed E-state index contributed by atoms with van der Waals surface area (Å²) < 4.78 is 0. The molecule has 0 aromatic heterocycles. The number of halogens is 1. The fourth-order valence-corrected chi connectivity index (χ4v) is 4.67. The van der Waals surface area contributed by atoms with Crippen LogP contribution >= 0.6 is 12.4 Å². The number of hydrogen-bond donors (Lipinski definition) is 1. The largest absolute Gasteiger partial charge is 0.341 e. The molecule has 0 bridgehead atoms. The number of rotatable bonds is 3. The van der Waals surface area contributed by atoms with Crippen molar-refractivity contribution in [3.63, 3.8) is 0 Å². The summed E-state index contributed by atoms with van der Waals surface area (Å²) in [5, 5.41) is 0. The molecule has 2 aliphatic carbocycles. The van der Waals surface area contributed by atoms with Crippen molar-refractivity contribution in [2.45, 2.75) is 76.2 Å². The van der Waals surface area contributed by atoms with Crippen molar-refractivity contribution in [3.8, 4) is 0 Å². The fraction of sp³-hybridized carbons (Fsp3) is 0.895. The molecule has 0 unspecified atom stereocenters. The molecule has 2 amide bonds. The molecule has 1 saturated heterocycles. The van der Waals surface area contributed by atoms with E-state index in [1.165, 1.54) is 32.1 Å². The van der Waals surface area contributed by atoms with E-state index in [0.717, 1.165) is 45.2 Å². The highest BCUT2D eigenvalue weighted by Crippen LogP contribution is 2.29. The number of carbonyl (C=O) groups excluding carboxylic acids is 2. The van der Waals surface area contributed by atoms with Gasteiger partial charge in [-0.15, -0.1) is 12.4 Å². The lowest BCUT2D eigenvalue weighted by Gasteiger charge is -2.36. The molecule has 0 spiro atoms. The number of nitrogens with two attached hydrogens (primary N) is 1. The van der Waals surface area contributed by atoms with Crippen LogP contribution in [0.4, 0.5) is 0 Å². The van der Waals surface area contributed by atoms with Crippen LogP contribution in [0, 0.1) is 5.92 Å². The molecule has 0 aromatic rings. The fourth-order valence-electron chi connectivity index (χ4n) is 4.67. The molecule has 1 aliphatic heterocycles. The zero-order valence-corrected chi connectivity index (χ0v) is 16.2. The second kappa shape index (κ2) is 9.22. The molecule has 0 radical (unpaired) electrons. The monoisotopic (exact) mass is 371 g/mol. The molecule has 2 N–H and O–H groups in total. The number of hydrogen-bond acceptors (Lipinski definition) is 3. The molecular weight excluding hydrogens is 338 g/mol. The first-order chi connectivity index (χ1) is 11.6. The first-order valence-electron chi connectivity index (χ1n) is 9.94. The topological polar surface area (TPSA) is 66.6 Å². The molecule has 0 atom stereocenters. The van der Waals surface area contributed by atoms with Gasteiger partial charge in [0.1, 0.15) is 0 Å². The van der Waals surface area contributed by atoms with E-state index in [1.807, 2.05) is 9.80 Å². The van der Waals surface area contributed by atoms with Crippen LogP contribution in [0.2, 0.25) is 0 Å². The Labute approximate surface area is 158 Å². The highest BCUT2D eigenvalue weighted by molar-refractivity contribution is 5.86. The Bertz CT molecular complexity index is 460. The molecule has 2 saturated carbocycles. The van der Waals surface area contributed by atoms with E-state index >= 15 is 0 Å². The van der Waals surface area contributed by atoms with Gasteiger partial charge < -0.3 is 15.5 Å². The summed E-state index contributed by atoms with van der Waals surface area (Å²) in [5.41, 5.74) is 5.76. The first kappa shape index (κ1) is 20.5. The normalized spacial score (nSPS) is 24.5. The minimum Gasteiger partial charge on any atom is -0.341 e. The van der Waals surface area contributed by atoms with Crippen molar-refractivity contribution in [1.82, 2.24) is 9.80 Å². The van der Waals surface area contributed by atoms with E-state index in [0.29, 0.717) is 25.4 Å². The zero-order valence-electron chi connectivity index (χ0n) is 15.4. The molecule has 0 aromatic carbocycles. The Kier molecular flexibility index (Phi) is 7.56. The van der Waals surface area contributed by atoms with Gasteiger partial charge in [0.2, 0.25) is 11.8 Å². The maximum atomic E-state index is 12.9. The van der Waals surface area contributed by atoms with Crippen molar-refractivity contribution in [3.05, 3.63) is 0 Å². The molecule has 6 heteroatoms. The molecule has 144 valence electrons. The highest BCUT2D eigenvalue weighted by atomic mass is 35.5. The van der Waals surface area contributed by atoms with E-state index in [9.17, 15) is 9.59 Å². The van der Waals surface area contributed by atoms with E-state index in [2.05, 4.69) is 0 Å². The van der Waals surface area contributed by atoms with E-state index in [1.54, 1.807) is 0 Å². The van der Waals surface area contributed by atoms with Crippen LogP contribution in [0.5, 0.6) is 0 Å². The Morgan fingerprint density at radius 1 is 0.840 bits per heavy atom. The van der Waals surface area contributed by atoms with E-state index in [4.69, 9.17) is 5.73 Å². The summed E-state index contributed by atoms with van der Waals surface area (Å²) >= 11 is 0. The number of amides is 2. The summed E-state index contributed by atoms with van der Waals surface area (Å²) in [5.74, 6) is 0.997. The Morgan fingerprint density at radius 2 is 1.44 bits per heavy atom. The van der Waals surface area contributed by atoms with Gasteiger partial charge in [-0.05, 0) is 38.0 Å². The van der Waals surface area contributed by atoms with Gasteiger partial charge in [-0.25, -0.2) is 0 Å². The van der Waals surface area contributed by atoms with Crippen LogP contribution < -0.4 is 5.73 Å². The minimum absolute atomic E-state index is 0. The van der Waals surface area contributed by atoms with Crippen molar-refractivity contribution < 1.29 is 9.59 Å². The maximum absolute atomic E-state index is 12.9. The van der Waals surface area contributed by atoms with Gasteiger partial charge in [0.25, 0.3) is 0 Å². The SMILES string of the molecule is Cl.NC1(C(=O)N2CCCN(C(=O)CC3CCCC3)CC2)CCCCC1. The van der Waals surface area contributed by atoms with Gasteiger partial charge in [-0.1, -0.05) is 32.1 Å². The van der Waals surface area contributed by atoms with Crippen LogP contribution in [0.15, 0.2) is 0 Å². The van der Waals surface area contributed by atoms with E-state index in [-0.39, 0.29) is 24.2 Å². The minimum atomic E-state index is -0.652. The van der Waals surface area contributed by atoms with Gasteiger partial charge in [0.05, 0.1) is 5.54 Å². The quantitative estimate of drug-likeness (QED) is 0.829. The highest BCUT2D eigenvalue weighted by Gasteiger charge is 2.38. The van der Waals surface area contributed by atoms with Gasteiger partial charge in [0.15, 0.2) is 0 Å². The average molecular weight is 372 g/mol. The summed E-state index contributed by atoms with van der Waals surface area (Å²) in [6.07, 6.45) is 11.5. The van der Waals surface area contributed by atoms with E-state index < -0.39 is 5.54 Å². The van der Waals surface area contributed by atoms with Crippen molar-refractivity contribution in [2.75, 3.05) is 26.2 Å². The molecule has 1 heterocycles. The Balaban J connectivity index is 0.00000225. The second-order valence-electron chi connectivity index (χ2n) is 8.10. The smallest absolute Gasteiger partial charge is 0.242 e. The third kappa shape index (κ3) is 5.10. The first-order valence-corrected chi connectivity index (χ1v) is 9.94. The summed E-state index contributed by atoms with van der Waals surface area (Å²) in [7, 11) is 0. The van der Waals surface area contributed by atoms with Gasteiger partial charge in [-0.2, -0.15) is 0 Å². The summed E-state index contributed by atoms with van der Waals surface area (Å²) in [6, 6.07) is 0. The number of carbonyl (C=O) groups is 2. The molecule has 3 fully saturated rings. The second-order valence-corrected chi connectivity index (χ2v) is 8.10. The van der Waals surface area contributed by atoms with Gasteiger partial charge >= 0.3 is 0 Å². The van der Waals surface area contributed by atoms with Crippen molar-refractivity contribution in [2.24, 2.45) is 11.7 Å². The molecule has 3 rings (SSSR count).